The van der Waals surface area contributed by atoms with E-state index in [0.717, 1.165) is 11.3 Å². The van der Waals surface area contributed by atoms with Crippen molar-refractivity contribution in [3.05, 3.63) is 69.0 Å². The molecule has 1 heterocycles. The fourth-order valence-corrected chi connectivity index (χ4v) is 3.88. The Morgan fingerprint density at radius 1 is 1.08 bits per heavy atom. The summed E-state index contributed by atoms with van der Waals surface area (Å²) in [4.78, 5) is 19.7. The van der Waals surface area contributed by atoms with E-state index in [4.69, 9.17) is 23.2 Å². The van der Waals surface area contributed by atoms with Gasteiger partial charge in [-0.25, -0.2) is 4.99 Å². The van der Waals surface area contributed by atoms with Crippen molar-refractivity contribution in [1.29, 1.82) is 0 Å². The Balaban J connectivity index is 2.01. The van der Waals surface area contributed by atoms with Crippen LogP contribution in [0.5, 0.6) is 0 Å². The standard InChI is InChI=1S/C19H16Cl2N2OS/c1-12(2)23-18(24)16(11-13-7-6-10-15(20)17(13)21)25-19(23)22-14-8-4-3-5-9-14/h3-12H,1-2H3/b16-11+,22-19?. The molecule has 0 unspecified atom stereocenters. The van der Waals surface area contributed by atoms with Gasteiger partial charge in [0.2, 0.25) is 0 Å². The molecule has 0 aliphatic carbocycles. The van der Waals surface area contributed by atoms with Gasteiger partial charge in [-0.1, -0.05) is 53.5 Å². The van der Waals surface area contributed by atoms with Gasteiger partial charge in [-0.2, -0.15) is 0 Å². The summed E-state index contributed by atoms with van der Waals surface area (Å²) in [6.07, 6.45) is 1.77. The molecule has 1 aliphatic rings. The summed E-state index contributed by atoms with van der Waals surface area (Å²) in [6.45, 7) is 3.93. The largest absolute Gasteiger partial charge is 0.284 e. The van der Waals surface area contributed by atoms with E-state index in [9.17, 15) is 4.79 Å². The molecule has 1 aliphatic heterocycles. The van der Waals surface area contributed by atoms with Crippen LogP contribution in [-0.4, -0.2) is 22.0 Å². The van der Waals surface area contributed by atoms with Crippen LogP contribution < -0.4 is 0 Å². The van der Waals surface area contributed by atoms with Crippen molar-refractivity contribution in [2.45, 2.75) is 19.9 Å². The van der Waals surface area contributed by atoms with E-state index in [1.807, 2.05) is 56.3 Å². The van der Waals surface area contributed by atoms with Gasteiger partial charge >= 0.3 is 0 Å². The number of hydrogen-bond acceptors (Lipinski definition) is 3. The first-order valence-electron chi connectivity index (χ1n) is 7.78. The van der Waals surface area contributed by atoms with E-state index in [1.165, 1.54) is 11.8 Å². The van der Waals surface area contributed by atoms with Gasteiger partial charge < -0.3 is 0 Å². The number of carbonyl (C=O) groups excluding carboxylic acids is 1. The van der Waals surface area contributed by atoms with Gasteiger partial charge in [-0.15, -0.1) is 0 Å². The predicted molar refractivity (Wildman–Crippen MR) is 108 cm³/mol. The van der Waals surface area contributed by atoms with Gasteiger partial charge in [-0.3, -0.25) is 9.69 Å². The number of aliphatic imine (C=N–C) groups is 1. The van der Waals surface area contributed by atoms with Crippen molar-refractivity contribution >= 4 is 57.8 Å². The maximum Gasteiger partial charge on any atom is 0.266 e. The molecule has 128 valence electrons. The fraction of sp³-hybridized carbons (Fsp3) is 0.158. The van der Waals surface area contributed by atoms with Gasteiger partial charge in [0, 0.05) is 6.04 Å². The van der Waals surface area contributed by atoms with Crippen LogP contribution in [0.4, 0.5) is 5.69 Å². The van der Waals surface area contributed by atoms with Gasteiger partial charge in [0.25, 0.3) is 5.91 Å². The van der Waals surface area contributed by atoms with Crippen molar-refractivity contribution < 1.29 is 4.79 Å². The van der Waals surface area contributed by atoms with Crippen molar-refractivity contribution in [2.75, 3.05) is 0 Å². The number of carbonyl (C=O) groups is 1. The summed E-state index contributed by atoms with van der Waals surface area (Å²) in [5.74, 6) is -0.0780. The summed E-state index contributed by atoms with van der Waals surface area (Å²) in [5.41, 5.74) is 1.53. The van der Waals surface area contributed by atoms with Crippen LogP contribution in [0.25, 0.3) is 6.08 Å². The Morgan fingerprint density at radius 3 is 2.48 bits per heavy atom. The van der Waals surface area contributed by atoms with Crippen molar-refractivity contribution in [3.8, 4) is 0 Å². The first kappa shape index (κ1) is 18.1. The lowest BCUT2D eigenvalue weighted by Gasteiger charge is -2.19. The molecule has 0 aromatic heterocycles. The molecule has 2 aromatic carbocycles. The number of para-hydroxylation sites is 1. The third-order valence-corrected chi connectivity index (χ3v) is 5.42. The second kappa shape index (κ2) is 7.65. The first-order valence-corrected chi connectivity index (χ1v) is 9.35. The second-order valence-electron chi connectivity index (χ2n) is 5.75. The average Bonchev–Trinajstić information content (AvgIpc) is 2.88. The maximum absolute atomic E-state index is 12.8. The molecule has 25 heavy (non-hydrogen) atoms. The highest BCUT2D eigenvalue weighted by Crippen LogP contribution is 2.37. The quantitative estimate of drug-likeness (QED) is 0.601. The van der Waals surface area contributed by atoms with Crippen LogP contribution in [0.2, 0.25) is 10.0 Å². The molecular weight excluding hydrogens is 375 g/mol. The molecule has 3 nitrogen and oxygen atoms in total. The van der Waals surface area contributed by atoms with E-state index < -0.39 is 0 Å². The Labute approximate surface area is 161 Å². The molecule has 0 saturated carbocycles. The summed E-state index contributed by atoms with van der Waals surface area (Å²) in [6, 6.07) is 15.0. The molecule has 0 N–H and O–H groups in total. The monoisotopic (exact) mass is 390 g/mol. The van der Waals surface area contributed by atoms with Crippen molar-refractivity contribution in [3.63, 3.8) is 0 Å². The molecule has 1 saturated heterocycles. The second-order valence-corrected chi connectivity index (χ2v) is 7.55. The highest BCUT2D eigenvalue weighted by atomic mass is 35.5. The van der Waals surface area contributed by atoms with Gasteiger partial charge in [0.05, 0.1) is 20.6 Å². The zero-order valence-corrected chi connectivity index (χ0v) is 16.1. The minimum Gasteiger partial charge on any atom is -0.284 e. The molecule has 6 heteroatoms. The van der Waals surface area contributed by atoms with Crippen molar-refractivity contribution in [2.24, 2.45) is 4.99 Å². The number of thioether (sulfide) groups is 1. The maximum atomic E-state index is 12.8. The Hall–Kier alpha value is -1.75. The zero-order valence-electron chi connectivity index (χ0n) is 13.7. The highest BCUT2D eigenvalue weighted by molar-refractivity contribution is 8.18. The summed E-state index contributed by atoms with van der Waals surface area (Å²) in [7, 11) is 0. The molecule has 0 atom stereocenters. The molecule has 1 amide bonds. The van der Waals surface area contributed by atoms with Gasteiger partial charge in [0.15, 0.2) is 5.17 Å². The summed E-state index contributed by atoms with van der Waals surface area (Å²) in [5, 5.41) is 1.57. The molecule has 0 bridgehead atoms. The molecule has 0 radical (unpaired) electrons. The van der Waals surface area contributed by atoms with Gasteiger partial charge in [0.1, 0.15) is 0 Å². The molecule has 0 spiro atoms. The fourth-order valence-electron chi connectivity index (χ4n) is 2.41. The number of hydrogen-bond donors (Lipinski definition) is 0. The zero-order chi connectivity index (χ0) is 18.0. The number of nitrogens with zero attached hydrogens (tertiary/aromatic N) is 2. The molecule has 2 aromatic rings. The molecule has 3 rings (SSSR count). The Morgan fingerprint density at radius 2 is 1.80 bits per heavy atom. The van der Waals surface area contributed by atoms with E-state index in [-0.39, 0.29) is 11.9 Å². The van der Waals surface area contributed by atoms with Crippen LogP contribution in [0.3, 0.4) is 0 Å². The number of benzene rings is 2. The van der Waals surface area contributed by atoms with E-state index in [1.54, 1.807) is 17.0 Å². The van der Waals surface area contributed by atoms with E-state index in [2.05, 4.69) is 4.99 Å². The highest BCUT2D eigenvalue weighted by Gasteiger charge is 2.35. The normalized spacial score (nSPS) is 18.0. The third kappa shape index (κ3) is 3.92. The smallest absolute Gasteiger partial charge is 0.266 e. The number of amides is 1. The summed E-state index contributed by atoms with van der Waals surface area (Å²) < 4.78 is 0. The summed E-state index contributed by atoms with van der Waals surface area (Å²) >= 11 is 13.7. The topological polar surface area (TPSA) is 32.7 Å². The van der Waals surface area contributed by atoms with Crippen molar-refractivity contribution in [1.82, 2.24) is 4.90 Å². The van der Waals surface area contributed by atoms with Crippen LogP contribution in [0, 0.1) is 0 Å². The van der Waals surface area contributed by atoms with Gasteiger partial charge in [-0.05, 0) is 55.4 Å². The SMILES string of the molecule is CC(C)N1C(=O)/C(=C\c2cccc(Cl)c2Cl)SC1=Nc1ccccc1. The first-order chi connectivity index (χ1) is 12.0. The van der Waals surface area contributed by atoms with Crippen LogP contribution >= 0.6 is 35.0 Å². The molecule has 1 fully saturated rings. The van der Waals surface area contributed by atoms with Crippen LogP contribution in [0.15, 0.2) is 58.4 Å². The predicted octanol–water partition coefficient (Wildman–Crippen LogP) is 6.01. The lowest BCUT2D eigenvalue weighted by Crippen LogP contribution is -2.35. The Kier molecular flexibility index (Phi) is 5.52. The minimum absolute atomic E-state index is 0.00296. The average molecular weight is 391 g/mol. The third-order valence-electron chi connectivity index (χ3n) is 3.60. The Bertz CT molecular complexity index is 863. The lowest BCUT2D eigenvalue weighted by molar-refractivity contribution is -0.123. The number of rotatable bonds is 3. The van der Waals surface area contributed by atoms with Crippen LogP contribution in [-0.2, 0) is 4.79 Å². The number of amidine groups is 1. The molecular formula is C19H16Cl2N2OS. The lowest BCUT2D eigenvalue weighted by atomic mass is 10.2. The number of halogens is 2. The van der Waals surface area contributed by atoms with E-state index in [0.29, 0.717) is 20.1 Å². The minimum atomic E-state index is -0.0780. The van der Waals surface area contributed by atoms with Crippen LogP contribution in [0.1, 0.15) is 19.4 Å². The van der Waals surface area contributed by atoms with E-state index >= 15 is 0 Å².